The zero-order valence-corrected chi connectivity index (χ0v) is 18.1. The van der Waals surface area contributed by atoms with E-state index in [1.807, 2.05) is 6.07 Å². The molecule has 2 aliphatic rings. The first-order chi connectivity index (χ1) is 15.8. The fourth-order valence-electron chi connectivity index (χ4n) is 4.07. The molecular formula is C25H23N3O5. The molecular weight excluding hydrogens is 422 g/mol. The van der Waals surface area contributed by atoms with E-state index < -0.39 is 17.5 Å². The maximum Gasteiger partial charge on any atom is 0.372 e. The Hall–Kier alpha value is -3.83. The topological polar surface area (TPSA) is 104 Å². The van der Waals surface area contributed by atoms with E-state index in [9.17, 15) is 19.8 Å². The number of ether oxygens (including phenoxy) is 1. The summed E-state index contributed by atoms with van der Waals surface area (Å²) in [5, 5.41) is 20.2. The van der Waals surface area contributed by atoms with E-state index in [2.05, 4.69) is 16.8 Å². The summed E-state index contributed by atoms with van der Waals surface area (Å²) in [6.45, 7) is 0.452. The Morgan fingerprint density at radius 3 is 2.76 bits per heavy atom. The van der Waals surface area contributed by atoms with Crippen LogP contribution in [0.2, 0.25) is 0 Å². The number of carbonyl (C=O) groups is 2. The summed E-state index contributed by atoms with van der Waals surface area (Å²) in [6.07, 6.45) is 5.29. The van der Waals surface area contributed by atoms with Gasteiger partial charge in [0.25, 0.3) is 5.91 Å². The van der Waals surface area contributed by atoms with E-state index in [0.29, 0.717) is 34.6 Å². The molecule has 1 amide bonds. The van der Waals surface area contributed by atoms with E-state index in [1.165, 1.54) is 9.30 Å². The van der Waals surface area contributed by atoms with Crippen molar-refractivity contribution in [3.8, 4) is 28.8 Å². The fraction of sp³-hybridized carbons (Fsp3) is 0.320. The summed E-state index contributed by atoms with van der Waals surface area (Å²) in [4.78, 5) is 29.8. The number of aliphatic hydroxyl groups is 1. The number of aromatic nitrogens is 2. The number of amides is 1. The number of benzene rings is 1. The highest BCUT2D eigenvalue weighted by Gasteiger charge is 2.42. The zero-order chi connectivity index (χ0) is 23.2. The van der Waals surface area contributed by atoms with Gasteiger partial charge in [-0.1, -0.05) is 24.0 Å². The third kappa shape index (κ3) is 3.81. The van der Waals surface area contributed by atoms with Gasteiger partial charge in [-0.3, -0.25) is 9.20 Å². The van der Waals surface area contributed by atoms with Crippen molar-refractivity contribution in [1.82, 2.24) is 14.3 Å². The van der Waals surface area contributed by atoms with Crippen LogP contribution in [0.15, 0.2) is 42.6 Å². The van der Waals surface area contributed by atoms with Gasteiger partial charge in [0.2, 0.25) is 11.4 Å². The Morgan fingerprint density at radius 2 is 2.09 bits per heavy atom. The van der Waals surface area contributed by atoms with Gasteiger partial charge in [0, 0.05) is 43.4 Å². The molecule has 1 aliphatic heterocycles. The van der Waals surface area contributed by atoms with Gasteiger partial charge in [0.1, 0.15) is 5.75 Å². The molecule has 1 saturated carbocycles. The number of aromatic carboxylic acids is 1. The van der Waals surface area contributed by atoms with Crippen molar-refractivity contribution in [3.63, 3.8) is 0 Å². The summed E-state index contributed by atoms with van der Waals surface area (Å²) in [6, 6.07) is 10.7. The second-order valence-electron chi connectivity index (χ2n) is 8.55. The van der Waals surface area contributed by atoms with Gasteiger partial charge in [-0.05, 0) is 37.5 Å². The number of likely N-dealkylation sites (N-methyl/N-ethyl adjacent to an activating group) is 1. The predicted molar refractivity (Wildman–Crippen MR) is 120 cm³/mol. The predicted octanol–water partition coefficient (Wildman–Crippen LogP) is 2.58. The van der Waals surface area contributed by atoms with Crippen molar-refractivity contribution in [2.45, 2.75) is 37.4 Å². The molecule has 1 atom stereocenters. The van der Waals surface area contributed by atoms with Crippen LogP contribution in [-0.2, 0) is 4.79 Å². The van der Waals surface area contributed by atoms with Crippen molar-refractivity contribution in [3.05, 3.63) is 54.0 Å². The molecule has 168 valence electrons. The Bertz CT molecular complexity index is 1330. The fourth-order valence-corrected chi connectivity index (χ4v) is 4.07. The van der Waals surface area contributed by atoms with E-state index in [4.69, 9.17) is 4.74 Å². The number of hydrogen-bond acceptors (Lipinski definition) is 5. The maximum absolute atomic E-state index is 12.2. The average Bonchev–Trinajstić information content (AvgIpc) is 3.28. The van der Waals surface area contributed by atoms with Crippen LogP contribution < -0.4 is 4.74 Å². The molecule has 1 aromatic carbocycles. The number of pyridine rings is 1. The molecule has 2 fully saturated rings. The normalized spacial score (nSPS) is 20.4. The van der Waals surface area contributed by atoms with Crippen molar-refractivity contribution < 1.29 is 24.5 Å². The number of imidazole rings is 1. The molecule has 5 rings (SSSR count). The molecule has 0 spiro atoms. The highest BCUT2D eigenvalue weighted by atomic mass is 16.5. The van der Waals surface area contributed by atoms with Crippen LogP contribution >= 0.6 is 0 Å². The molecule has 3 aromatic rings. The summed E-state index contributed by atoms with van der Waals surface area (Å²) >= 11 is 0. The molecule has 33 heavy (non-hydrogen) atoms. The van der Waals surface area contributed by atoms with Crippen LogP contribution in [0.25, 0.3) is 16.8 Å². The molecule has 8 nitrogen and oxygen atoms in total. The first-order valence-electron chi connectivity index (χ1n) is 10.9. The Labute approximate surface area is 190 Å². The van der Waals surface area contributed by atoms with Crippen LogP contribution in [0.5, 0.6) is 5.75 Å². The summed E-state index contributed by atoms with van der Waals surface area (Å²) in [5.41, 5.74) is 0.680. The minimum Gasteiger partial charge on any atom is -0.490 e. The zero-order valence-electron chi connectivity index (χ0n) is 18.1. The van der Waals surface area contributed by atoms with Gasteiger partial charge in [-0.15, -0.1) is 0 Å². The maximum atomic E-state index is 12.2. The number of carboxylic acid groups (broad SMARTS) is 1. The van der Waals surface area contributed by atoms with E-state index >= 15 is 0 Å². The van der Waals surface area contributed by atoms with Gasteiger partial charge in [0.05, 0.1) is 17.3 Å². The van der Waals surface area contributed by atoms with Gasteiger partial charge in [-0.25, -0.2) is 9.78 Å². The number of nitrogens with zero attached hydrogens (tertiary/aromatic N) is 3. The smallest absolute Gasteiger partial charge is 0.372 e. The van der Waals surface area contributed by atoms with Gasteiger partial charge >= 0.3 is 5.97 Å². The van der Waals surface area contributed by atoms with E-state index in [0.717, 1.165) is 19.3 Å². The minimum atomic E-state index is -1.68. The monoisotopic (exact) mass is 445 g/mol. The number of likely N-dealkylation sites (tertiary alicyclic amines) is 1. The largest absolute Gasteiger partial charge is 0.490 e. The van der Waals surface area contributed by atoms with Crippen molar-refractivity contribution in [1.29, 1.82) is 0 Å². The van der Waals surface area contributed by atoms with Crippen LogP contribution in [0.3, 0.4) is 0 Å². The lowest BCUT2D eigenvalue weighted by Gasteiger charge is -2.26. The Balaban J connectivity index is 1.54. The van der Waals surface area contributed by atoms with Crippen LogP contribution in [0.1, 0.15) is 41.9 Å². The SMILES string of the molecule is CN1CCC(O)(C#Cc2cccc(-c3nc(C(=O)O)n4ccc(OC5CCC5)cc34)c2)C1=O. The highest BCUT2D eigenvalue weighted by Crippen LogP contribution is 2.31. The summed E-state index contributed by atoms with van der Waals surface area (Å²) < 4.78 is 7.52. The highest BCUT2D eigenvalue weighted by molar-refractivity contribution is 5.91. The second-order valence-corrected chi connectivity index (χ2v) is 8.55. The molecule has 3 heterocycles. The Morgan fingerprint density at radius 1 is 1.27 bits per heavy atom. The average molecular weight is 445 g/mol. The number of hydrogen-bond donors (Lipinski definition) is 2. The van der Waals surface area contributed by atoms with Gasteiger partial charge < -0.3 is 19.8 Å². The summed E-state index contributed by atoms with van der Waals surface area (Å²) in [7, 11) is 1.63. The number of carbonyl (C=O) groups excluding carboxylic acids is 1. The van der Waals surface area contributed by atoms with Gasteiger partial charge in [-0.2, -0.15) is 0 Å². The van der Waals surface area contributed by atoms with Gasteiger partial charge in [0.15, 0.2) is 0 Å². The molecule has 8 heteroatoms. The third-order valence-corrected chi connectivity index (χ3v) is 6.22. The standard InChI is InChI=1S/C25H23N3O5/c1-27-13-11-25(32,24(27)31)10-8-16-4-2-5-17(14-16)21-20-15-19(33-18-6-3-7-18)9-12-28(20)22(26-21)23(29)30/h2,4-5,9,12,14-15,18,32H,3,6-7,11,13H2,1H3,(H,29,30). The molecule has 1 aliphatic carbocycles. The quantitative estimate of drug-likeness (QED) is 0.598. The van der Waals surface area contributed by atoms with Crippen LogP contribution in [0.4, 0.5) is 0 Å². The van der Waals surface area contributed by atoms with Crippen molar-refractivity contribution >= 4 is 17.4 Å². The van der Waals surface area contributed by atoms with Crippen molar-refractivity contribution in [2.24, 2.45) is 0 Å². The minimum absolute atomic E-state index is 0.0967. The van der Waals surface area contributed by atoms with Crippen LogP contribution in [0, 0.1) is 11.8 Å². The molecule has 0 bridgehead atoms. The number of fused-ring (bicyclic) bond motifs is 1. The lowest BCUT2D eigenvalue weighted by Crippen LogP contribution is -2.37. The molecule has 1 unspecified atom stereocenters. The number of carboxylic acids is 1. The molecule has 0 radical (unpaired) electrons. The third-order valence-electron chi connectivity index (χ3n) is 6.22. The van der Waals surface area contributed by atoms with E-state index in [1.54, 1.807) is 43.6 Å². The lowest BCUT2D eigenvalue weighted by atomic mass is 9.96. The summed E-state index contributed by atoms with van der Waals surface area (Å²) in [5.74, 6) is 4.64. The Kier molecular flexibility index (Phi) is 5.06. The second kappa shape index (κ2) is 7.94. The molecule has 2 aromatic heterocycles. The first kappa shape index (κ1) is 21.0. The lowest BCUT2D eigenvalue weighted by molar-refractivity contribution is -0.137. The van der Waals surface area contributed by atoms with E-state index in [-0.39, 0.29) is 18.3 Å². The molecule has 2 N–H and O–H groups in total. The van der Waals surface area contributed by atoms with Crippen LogP contribution in [-0.4, -0.2) is 61.7 Å². The molecule has 1 saturated heterocycles. The number of rotatable bonds is 4. The first-order valence-corrected chi connectivity index (χ1v) is 10.9. The van der Waals surface area contributed by atoms with Crippen molar-refractivity contribution in [2.75, 3.05) is 13.6 Å².